The van der Waals surface area contributed by atoms with Crippen molar-refractivity contribution >= 4 is 23.2 Å². The van der Waals surface area contributed by atoms with Gasteiger partial charge in [0.1, 0.15) is 0 Å². The molecule has 180 valence electrons. The molecule has 6 nitrogen and oxygen atoms in total. The zero-order valence-electron chi connectivity index (χ0n) is 19.6. The van der Waals surface area contributed by atoms with E-state index in [1.165, 1.54) is 41.2 Å². The van der Waals surface area contributed by atoms with Crippen LogP contribution in [0.4, 0.5) is 0 Å². The van der Waals surface area contributed by atoms with Crippen LogP contribution in [0.2, 0.25) is 0 Å². The van der Waals surface area contributed by atoms with Crippen molar-refractivity contribution in [3.8, 4) is 5.69 Å². The van der Waals surface area contributed by atoms with Crippen LogP contribution in [0.1, 0.15) is 50.6 Å². The maximum atomic E-state index is 11.5. The topological polar surface area (TPSA) is 108 Å². The molecule has 0 bridgehead atoms. The van der Waals surface area contributed by atoms with E-state index >= 15 is 0 Å². The Morgan fingerprint density at radius 3 is 2.26 bits per heavy atom. The van der Waals surface area contributed by atoms with Crippen molar-refractivity contribution in [3.05, 3.63) is 122 Å². The maximum Gasteiger partial charge on any atom is 0.258 e. The van der Waals surface area contributed by atoms with Crippen LogP contribution >= 0.6 is 11.3 Å². The quantitative estimate of drug-likeness (QED) is 0.538. The summed E-state index contributed by atoms with van der Waals surface area (Å²) in [7, 11) is 0. The number of benzene rings is 1. The summed E-state index contributed by atoms with van der Waals surface area (Å²) in [5, 5.41) is 0. The van der Waals surface area contributed by atoms with Gasteiger partial charge in [-0.3, -0.25) is 19.0 Å². The van der Waals surface area contributed by atoms with Gasteiger partial charge in [-0.1, -0.05) is 30.4 Å². The average molecular weight is 488 g/mol. The van der Waals surface area contributed by atoms with Crippen LogP contribution in [0.5, 0.6) is 0 Å². The molecule has 4 N–H and O–H groups in total. The lowest BCUT2D eigenvalue weighted by molar-refractivity contribution is 0.0993. The van der Waals surface area contributed by atoms with Crippen LogP contribution in [0.3, 0.4) is 0 Å². The monoisotopic (exact) mass is 487 g/mol. The number of carbonyl (C=O) groups excluding carboxylic acids is 2. The summed E-state index contributed by atoms with van der Waals surface area (Å²) in [6, 6.07) is 15.1. The minimum atomic E-state index is -0.480. The van der Waals surface area contributed by atoms with E-state index < -0.39 is 5.91 Å². The molecule has 1 aromatic carbocycles. The van der Waals surface area contributed by atoms with Gasteiger partial charge in [-0.2, -0.15) is 0 Å². The molecule has 7 heteroatoms. The molecule has 2 aromatic heterocycles. The SMILES string of the molecule is C1=CCC=C2CCCC2=C1.Cc1ccc(C(N)=O)s1.NC(=O)c1ccc(-n2ccccc2=O)cc1. The van der Waals surface area contributed by atoms with Crippen molar-refractivity contribution in [2.24, 2.45) is 11.5 Å². The van der Waals surface area contributed by atoms with E-state index in [-0.39, 0.29) is 11.5 Å². The normalized spacial score (nSPS) is 13.6. The second-order valence-electron chi connectivity index (χ2n) is 8.03. The van der Waals surface area contributed by atoms with Gasteiger partial charge in [0.2, 0.25) is 5.91 Å². The van der Waals surface area contributed by atoms with Gasteiger partial charge in [0.05, 0.1) is 4.88 Å². The van der Waals surface area contributed by atoms with E-state index in [9.17, 15) is 14.4 Å². The zero-order chi connectivity index (χ0) is 25.2. The maximum absolute atomic E-state index is 11.5. The number of aromatic nitrogens is 1. The summed E-state index contributed by atoms with van der Waals surface area (Å²) in [5.74, 6) is -0.819. The molecule has 2 amide bonds. The lowest BCUT2D eigenvalue weighted by Crippen LogP contribution is -2.16. The number of amides is 2. The highest BCUT2D eigenvalue weighted by Gasteiger charge is 2.12. The molecule has 2 aliphatic carbocycles. The molecule has 0 atom stereocenters. The van der Waals surface area contributed by atoms with E-state index in [0.717, 1.165) is 11.3 Å². The van der Waals surface area contributed by atoms with Crippen molar-refractivity contribution in [2.45, 2.75) is 32.6 Å². The molecular weight excluding hydrogens is 458 g/mol. The number of nitrogens with zero attached hydrogens (tertiary/aromatic N) is 1. The number of thiophene rings is 1. The molecule has 0 aliphatic heterocycles. The molecule has 0 saturated heterocycles. The third kappa shape index (κ3) is 7.52. The number of hydrogen-bond acceptors (Lipinski definition) is 4. The molecule has 1 saturated carbocycles. The highest BCUT2D eigenvalue weighted by molar-refractivity contribution is 7.13. The number of carbonyl (C=O) groups is 2. The summed E-state index contributed by atoms with van der Waals surface area (Å²) in [5.41, 5.74) is 14.3. The van der Waals surface area contributed by atoms with Crippen LogP contribution in [-0.2, 0) is 0 Å². The van der Waals surface area contributed by atoms with Crippen molar-refractivity contribution in [3.63, 3.8) is 0 Å². The van der Waals surface area contributed by atoms with Gasteiger partial charge >= 0.3 is 0 Å². The van der Waals surface area contributed by atoms with Gasteiger partial charge in [0.15, 0.2) is 0 Å². The van der Waals surface area contributed by atoms with Crippen LogP contribution in [-0.4, -0.2) is 16.4 Å². The number of fused-ring (bicyclic) bond motifs is 1. The fourth-order valence-electron chi connectivity index (χ4n) is 3.68. The predicted molar refractivity (Wildman–Crippen MR) is 142 cm³/mol. The number of rotatable bonds is 3. The van der Waals surface area contributed by atoms with Crippen molar-refractivity contribution in [1.29, 1.82) is 0 Å². The molecular formula is C28H29N3O3S. The molecule has 0 unspecified atom stereocenters. The highest BCUT2D eigenvalue weighted by atomic mass is 32.1. The summed E-state index contributed by atoms with van der Waals surface area (Å²) < 4.78 is 1.49. The Kier molecular flexibility index (Phi) is 9.15. The molecule has 2 aliphatic rings. The fourth-order valence-corrected chi connectivity index (χ4v) is 4.40. The standard InChI is InChI=1S/C12H10N2O2.C10H12.C6H7NOS/c13-12(16)9-4-6-10(7-5-9)14-8-2-1-3-11(14)15;1-2-5-9-7-4-8-10(9)6-3-1;1-4-2-3-5(9-4)6(7)8/h1-8H,(H2,13,16);1-2,5-6H,3-4,7-8H2;2-3H,1H3,(H2,7,8). The van der Waals surface area contributed by atoms with E-state index in [2.05, 4.69) is 24.3 Å². The second-order valence-corrected chi connectivity index (χ2v) is 9.32. The van der Waals surface area contributed by atoms with Gasteiger partial charge < -0.3 is 11.5 Å². The zero-order valence-corrected chi connectivity index (χ0v) is 20.5. The van der Waals surface area contributed by atoms with E-state index in [4.69, 9.17) is 11.5 Å². The Hall–Kier alpha value is -3.97. The number of aryl methyl sites for hydroxylation is 1. The Morgan fingerprint density at radius 2 is 1.66 bits per heavy atom. The summed E-state index contributed by atoms with van der Waals surface area (Å²) in [6.07, 6.45) is 15.8. The Morgan fingerprint density at radius 1 is 0.914 bits per heavy atom. The predicted octanol–water partition coefficient (Wildman–Crippen LogP) is 5.07. The number of nitrogens with two attached hydrogens (primary N) is 2. The Balaban J connectivity index is 0.000000155. The van der Waals surface area contributed by atoms with Gasteiger partial charge in [0.25, 0.3) is 11.5 Å². The molecule has 0 spiro atoms. The smallest absolute Gasteiger partial charge is 0.258 e. The largest absolute Gasteiger partial charge is 0.366 e. The van der Waals surface area contributed by atoms with Gasteiger partial charge in [-0.15, -0.1) is 11.3 Å². The van der Waals surface area contributed by atoms with Crippen LogP contribution < -0.4 is 17.0 Å². The first-order chi connectivity index (χ1) is 16.8. The van der Waals surface area contributed by atoms with Crippen LogP contribution in [0, 0.1) is 6.92 Å². The van der Waals surface area contributed by atoms with Gasteiger partial charge in [-0.25, -0.2) is 0 Å². The Bertz CT molecular complexity index is 1330. The molecule has 0 radical (unpaired) electrons. The fraction of sp³-hybridized carbons (Fsp3) is 0.179. The molecule has 35 heavy (non-hydrogen) atoms. The van der Waals surface area contributed by atoms with Gasteiger partial charge in [0, 0.05) is 28.4 Å². The minimum Gasteiger partial charge on any atom is -0.366 e. The molecule has 3 aromatic rings. The number of hydrogen-bond donors (Lipinski definition) is 2. The first-order valence-electron chi connectivity index (χ1n) is 11.3. The number of primary amides is 2. The van der Waals surface area contributed by atoms with Crippen molar-refractivity contribution in [2.75, 3.05) is 0 Å². The number of allylic oxidation sites excluding steroid dienone is 6. The molecule has 5 rings (SSSR count). The first-order valence-corrected chi connectivity index (χ1v) is 12.2. The van der Waals surface area contributed by atoms with Crippen LogP contribution in [0.15, 0.2) is 101 Å². The number of pyridine rings is 1. The summed E-state index contributed by atoms with van der Waals surface area (Å²) >= 11 is 1.42. The summed E-state index contributed by atoms with van der Waals surface area (Å²) in [4.78, 5) is 34.6. The molecule has 2 heterocycles. The third-order valence-electron chi connectivity index (χ3n) is 5.47. The minimum absolute atomic E-state index is 0.116. The summed E-state index contributed by atoms with van der Waals surface area (Å²) in [6.45, 7) is 1.94. The first kappa shape index (κ1) is 25.6. The Labute approximate surface area is 208 Å². The molecule has 1 fully saturated rings. The average Bonchev–Trinajstić information content (AvgIpc) is 3.43. The highest BCUT2D eigenvalue weighted by Crippen LogP contribution is 2.31. The second kappa shape index (κ2) is 12.5. The van der Waals surface area contributed by atoms with E-state index in [1.54, 1.807) is 59.8 Å². The van der Waals surface area contributed by atoms with Crippen LogP contribution in [0.25, 0.3) is 5.69 Å². The lowest BCUT2D eigenvalue weighted by Gasteiger charge is -2.04. The van der Waals surface area contributed by atoms with Crippen molar-refractivity contribution < 1.29 is 9.59 Å². The van der Waals surface area contributed by atoms with Crippen molar-refractivity contribution in [1.82, 2.24) is 4.57 Å². The third-order valence-corrected chi connectivity index (χ3v) is 6.49. The van der Waals surface area contributed by atoms with Gasteiger partial charge in [-0.05, 0) is 86.2 Å². The lowest BCUT2D eigenvalue weighted by atomic mass is 10.1. The van der Waals surface area contributed by atoms with E-state index in [0.29, 0.717) is 16.1 Å². The van der Waals surface area contributed by atoms with E-state index in [1.807, 2.05) is 13.0 Å².